The van der Waals surface area contributed by atoms with Crippen LogP contribution in [0.5, 0.6) is 0 Å². The van der Waals surface area contributed by atoms with Gasteiger partial charge in [0.15, 0.2) is 18.5 Å². The van der Waals surface area contributed by atoms with Crippen molar-refractivity contribution < 1.29 is 25.0 Å². The molecule has 5 unspecified atom stereocenters. The molecule has 20 heavy (non-hydrogen) atoms. The highest BCUT2D eigenvalue weighted by atomic mass is 16.6. The highest BCUT2D eigenvalue weighted by Gasteiger charge is 2.51. The number of quaternary nitrogens is 1. The van der Waals surface area contributed by atoms with Crippen LogP contribution in [0.3, 0.4) is 0 Å². The molecule has 3 rings (SSSR count). The van der Waals surface area contributed by atoms with Crippen LogP contribution in [0.4, 0.5) is 11.5 Å². The second-order valence-electron chi connectivity index (χ2n) is 5.07. The number of H-pyrrole nitrogens is 1. The van der Waals surface area contributed by atoms with Crippen molar-refractivity contribution in [2.24, 2.45) is 0 Å². The number of hydrogen-bond donors (Lipinski definition) is 5. The first-order valence-corrected chi connectivity index (χ1v) is 6.32. The highest BCUT2D eigenvalue weighted by molar-refractivity contribution is 5.58. The molecule has 2 aliphatic rings. The molecule has 0 radical (unpaired) electrons. The summed E-state index contributed by atoms with van der Waals surface area (Å²) in [5.74, 6) is 0.464. The van der Waals surface area contributed by atoms with Crippen LogP contribution in [0.1, 0.15) is 0 Å². The molecule has 0 aliphatic carbocycles. The zero-order valence-corrected chi connectivity index (χ0v) is 10.9. The zero-order valence-electron chi connectivity index (χ0n) is 10.9. The molecule has 0 spiro atoms. The molecule has 5 atom stereocenters. The van der Waals surface area contributed by atoms with E-state index in [0.29, 0.717) is 23.1 Å². The van der Waals surface area contributed by atoms with Gasteiger partial charge in [-0.05, 0) is 0 Å². The molecule has 1 aromatic rings. The Morgan fingerprint density at radius 1 is 1.55 bits per heavy atom. The van der Waals surface area contributed by atoms with Gasteiger partial charge in [0.2, 0.25) is 6.23 Å². The number of aromatic nitrogens is 2. The number of rotatable bonds is 2. The Morgan fingerprint density at radius 2 is 2.30 bits per heavy atom. The molecular weight excluding hydrogens is 268 g/mol. The van der Waals surface area contributed by atoms with E-state index in [9.17, 15) is 15.0 Å². The van der Waals surface area contributed by atoms with E-state index < -0.39 is 24.5 Å². The molecule has 9 nitrogen and oxygen atoms in total. The number of nitrogens with one attached hydrogen (secondary N) is 2. The zero-order chi connectivity index (χ0) is 14.4. The minimum Gasteiger partial charge on any atom is -0.394 e. The first-order chi connectivity index (χ1) is 9.54. The third-order valence-corrected chi connectivity index (χ3v) is 3.81. The van der Waals surface area contributed by atoms with Gasteiger partial charge in [0, 0.05) is 7.05 Å². The van der Waals surface area contributed by atoms with E-state index in [1.54, 1.807) is 11.9 Å². The molecule has 0 aromatic carbocycles. The number of fused-ring (bicyclic) bond motifs is 1. The van der Waals surface area contributed by atoms with Crippen molar-refractivity contribution in [3.8, 4) is 0 Å². The molecule has 1 fully saturated rings. The summed E-state index contributed by atoms with van der Waals surface area (Å²) in [5.41, 5.74) is 0.152. The fourth-order valence-corrected chi connectivity index (χ4v) is 2.80. The van der Waals surface area contributed by atoms with Crippen LogP contribution in [0.25, 0.3) is 0 Å². The van der Waals surface area contributed by atoms with Crippen molar-refractivity contribution in [1.29, 1.82) is 0 Å². The minimum atomic E-state index is -1.16. The van der Waals surface area contributed by atoms with Crippen molar-refractivity contribution >= 4 is 11.5 Å². The summed E-state index contributed by atoms with van der Waals surface area (Å²) in [6.45, 7) is -0.00444. The lowest BCUT2D eigenvalue weighted by molar-refractivity contribution is -0.885. The largest absolute Gasteiger partial charge is 0.394 e. The maximum absolute atomic E-state index is 11.8. The average molecular weight is 285 g/mol. The van der Waals surface area contributed by atoms with Crippen molar-refractivity contribution in [2.45, 2.75) is 24.5 Å². The monoisotopic (exact) mass is 285 g/mol. The van der Waals surface area contributed by atoms with Crippen LogP contribution < -0.4 is 15.4 Å². The Kier molecular flexibility index (Phi) is 3.22. The van der Waals surface area contributed by atoms with E-state index >= 15 is 0 Å². The predicted octanol–water partition coefficient (Wildman–Crippen LogP) is -3.87. The standard InChI is InChI=1S/C11H16N4O5/c1-14-4-15(9-6(14)10(19)13-3-12-9)11-8(18)7(17)5(2-16)20-11/h3,5,7-8,11,16-18H,2,4H2,1H3,(H,12,13,19)/p+1. The summed E-state index contributed by atoms with van der Waals surface area (Å²) >= 11 is 0. The van der Waals surface area contributed by atoms with E-state index in [1.165, 1.54) is 6.33 Å². The predicted molar refractivity (Wildman–Crippen MR) is 66.5 cm³/mol. The number of aromatic amines is 1. The van der Waals surface area contributed by atoms with Crippen LogP contribution in [0.2, 0.25) is 0 Å². The first kappa shape index (κ1) is 13.5. The molecule has 2 aliphatic heterocycles. The van der Waals surface area contributed by atoms with Crippen LogP contribution in [0.15, 0.2) is 11.1 Å². The van der Waals surface area contributed by atoms with Gasteiger partial charge in [-0.25, -0.2) is 4.90 Å². The molecular formula is C11H17N4O5+. The van der Waals surface area contributed by atoms with E-state index in [4.69, 9.17) is 9.84 Å². The molecule has 1 saturated heterocycles. The quantitative estimate of drug-likeness (QED) is 0.377. The summed E-state index contributed by atoms with van der Waals surface area (Å²) in [4.78, 5) is 20.8. The molecule has 0 bridgehead atoms. The van der Waals surface area contributed by atoms with Gasteiger partial charge in [-0.3, -0.25) is 4.79 Å². The van der Waals surface area contributed by atoms with Crippen LogP contribution in [0, 0.1) is 0 Å². The average Bonchev–Trinajstić information content (AvgIpc) is 2.90. The van der Waals surface area contributed by atoms with Crippen molar-refractivity contribution in [2.75, 3.05) is 25.2 Å². The fourth-order valence-electron chi connectivity index (χ4n) is 2.80. The van der Waals surface area contributed by atoms with Gasteiger partial charge in [0.05, 0.1) is 6.61 Å². The molecule has 110 valence electrons. The van der Waals surface area contributed by atoms with E-state index in [-0.39, 0.29) is 12.2 Å². The van der Waals surface area contributed by atoms with Gasteiger partial charge < -0.3 is 29.9 Å². The summed E-state index contributed by atoms with van der Waals surface area (Å²) in [5, 5.41) is 29.0. The van der Waals surface area contributed by atoms with Crippen molar-refractivity contribution in [3.05, 3.63) is 16.7 Å². The van der Waals surface area contributed by atoms with Gasteiger partial charge in [-0.2, -0.15) is 4.98 Å². The van der Waals surface area contributed by atoms with E-state index in [2.05, 4.69) is 9.97 Å². The summed E-state index contributed by atoms with van der Waals surface area (Å²) in [6, 6.07) is 0. The number of nitrogens with zero attached hydrogens (tertiary/aromatic N) is 2. The lowest BCUT2D eigenvalue weighted by Gasteiger charge is -2.21. The Hall–Kier alpha value is -1.52. The van der Waals surface area contributed by atoms with Crippen LogP contribution in [-0.2, 0) is 4.74 Å². The van der Waals surface area contributed by atoms with Gasteiger partial charge in [-0.15, -0.1) is 0 Å². The summed E-state index contributed by atoms with van der Waals surface area (Å²) in [6.07, 6.45) is -2.63. The van der Waals surface area contributed by atoms with Gasteiger partial charge in [0.25, 0.3) is 11.4 Å². The summed E-state index contributed by atoms with van der Waals surface area (Å²) < 4.78 is 5.50. The molecule has 0 amide bonds. The lowest BCUT2D eigenvalue weighted by atomic mass is 10.1. The molecule has 5 N–H and O–H groups in total. The summed E-state index contributed by atoms with van der Waals surface area (Å²) in [7, 11) is 1.74. The van der Waals surface area contributed by atoms with Gasteiger partial charge >= 0.3 is 0 Å². The minimum absolute atomic E-state index is 0.265. The van der Waals surface area contributed by atoms with Gasteiger partial charge in [0.1, 0.15) is 18.5 Å². The lowest BCUT2D eigenvalue weighted by Crippen LogP contribution is -3.12. The number of ether oxygens (including phenoxy) is 1. The normalized spacial score (nSPS) is 36.4. The molecule has 9 heteroatoms. The van der Waals surface area contributed by atoms with Gasteiger partial charge in [-0.1, -0.05) is 0 Å². The number of anilines is 1. The second-order valence-corrected chi connectivity index (χ2v) is 5.07. The van der Waals surface area contributed by atoms with Crippen LogP contribution >= 0.6 is 0 Å². The maximum atomic E-state index is 11.8. The van der Waals surface area contributed by atoms with Crippen molar-refractivity contribution in [3.63, 3.8) is 0 Å². The van der Waals surface area contributed by atoms with E-state index in [0.717, 1.165) is 0 Å². The number of hydrogen-bond acceptors (Lipinski definition) is 7. The third-order valence-electron chi connectivity index (χ3n) is 3.81. The first-order valence-electron chi connectivity index (χ1n) is 6.32. The smallest absolute Gasteiger partial charge is 0.280 e. The number of aliphatic hydroxyl groups is 3. The third kappa shape index (κ3) is 1.83. The second kappa shape index (κ2) is 4.79. The molecule has 1 aromatic heterocycles. The SMILES string of the molecule is CN1C[NH+](C2OC(CO)C(O)C2O)c2nc[nH]c(=O)c21. The molecule has 3 heterocycles. The molecule has 0 saturated carbocycles. The maximum Gasteiger partial charge on any atom is 0.280 e. The fraction of sp³-hybridized carbons (Fsp3) is 0.636. The number of aliphatic hydroxyl groups excluding tert-OH is 3. The topological polar surface area (TPSA) is 123 Å². The van der Waals surface area contributed by atoms with E-state index in [1.807, 2.05) is 0 Å². The Morgan fingerprint density at radius 3 is 2.95 bits per heavy atom. The highest BCUT2D eigenvalue weighted by Crippen LogP contribution is 2.23. The Bertz CT molecular complexity index is 564. The Balaban J connectivity index is 1.95. The van der Waals surface area contributed by atoms with Crippen molar-refractivity contribution in [1.82, 2.24) is 9.97 Å². The Labute approximate surface area is 114 Å². The van der Waals surface area contributed by atoms with Crippen LogP contribution in [-0.4, -0.2) is 70.2 Å².